The highest BCUT2D eigenvalue weighted by atomic mass is 79.9. The van der Waals surface area contributed by atoms with Gasteiger partial charge >= 0.3 is 24.3 Å². The van der Waals surface area contributed by atoms with E-state index in [0.717, 1.165) is 16.9 Å². The molecule has 0 radical (unpaired) electrons. The first kappa shape index (κ1) is 25.6. The number of hydrogen-bond acceptors (Lipinski definition) is 5. The fraction of sp³-hybridized carbons (Fsp3) is 0.467. The van der Waals surface area contributed by atoms with Crippen molar-refractivity contribution in [2.24, 2.45) is 5.92 Å². The summed E-state index contributed by atoms with van der Waals surface area (Å²) in [6.45, 7) is 0. The number of aliphatic carboxylic acids is 2. The van der Waals surface area contributed by atoms with Crippen molar-refractivity contribution in [1.29, 1.82) is 0 Å². The fourth-order valence-electron chi connectivity index (χ4n) is 2.22. The molecule has 30 heavy (non-hydrogen) atoms. The van der Waals surface area contributed by atoms with E-state index in [1.54, 1.807) is 6.07 Å². The number of pyridine rings is 1. The highest BCUT2D eigenvalue weighted by Gasteiger charge is 2.47. The van der Waals surface area contributed by atoms with Crippen molar-refractivity contribution in [2.45, 2.75) is 37.3 Å². The number of fused-ring (bicyclic) bond motifs is 1. The van der Waals surface area contributed by atoms with E-state index in [4.69, 9.17) is 19.8 Å². The standard InChI is InChI=1S/C11H12BrN3O.2C2HF3O2/c12-9-2-1-3-10(14-9)15-11(16)8-5-6-4-7(6)13-8;2*3-2(4,5)1(6)7/h1-3,6-8,13H,4-5H2,(H,14,15,16);2*(H,6,7)/t6-,7-,8+;;/m1../s1. The van der Waals surface area contributed by atoms with E-state index in [2.05, 4.69) is 31.5 Å². The normalized spacial score (nSPS) is 21.8. The maximum atomic E-state index is 11.9. The average molecular weight is 510 g/mol. The first-order valence-electron chi connectivity index (χ1n) is 7.91. The second-order valence-corrected chi connectivity index (χ2v) is 6.81. The molecule has 0 spiro atoms. The molecule has 1 saturated heterocycles. The Morgan fingerprint density at radius 2 is 1.53 bits per heavy atom. The Kier molecular flexibility index (Phi) is 8.59. The third-order valence-electron chi connectivity index (χ3n) is 3.64. The first-order chi connectivity index (χ1) is 13.6. The SMILES string of the molecule is O=C(Nc1cccc(Br)n1)[C@@H]1C[C@H]2C[C@H]2N1.O=C(O)C(F)(F)F.O=C(O)C(F)(F)F. The van der Waals surface area contributed by atoms with Gasteiger partial charge in [0.2, 0.25) is 5.91 Å². The van der Waals surface area contributed by atoms with Crippen molar-refractivity contribution in [3.63, 3.8) is 0 Å². The summed E-state index contributed by atoms with van der Waals surface area (Å²) in [7, 11) is 0. The first-order valence-corrected chi connectivity index (χ1v) is 8.70. The van der Waals surface area contributed by atoms with Crippen LogP contribution in [0.1, 0.15) is 12.8 Å². The summed E-state index contributed by atoms with van der Waals surface area (Å²) in [5, 5.41) is 20.4. The number of anilines is 1. The number of piperidine rings is 1. The van der Waals surface area contributed by atoms with Gasteiger partial charge in [0.25, 0.3) is 0 Å². The summed E-state index contributed by atoms with van der Waals surface area (Å²) >= 11 is 3.27. The minimum absolute atomic E-state index is 0.0257. The second kappa shape index (κ2) is 10.1. The summed E-state index contributed by atoms with van der Waals surface area (Å²) in [6, 6.07) is 6.03. The third-order valence-corrected chi connectivity index (χ3v) is 4.09. The molecular formula is C15H14BrF6N3O5. The van der Waals surface area contributed by atoms with Gasteiger partial charge in [-0.25, -0.2) is 14.6 Å². The number of rotatable bonds is 2. The van der Waals surface area contributed by atoms with Crippen molar-refractivity contribution in [2.75, 3.05) is 5.32 Å². The van der Waals surface area contributed by atoms with E-state index in [1.165, 1.54) is 6.42 Å². The van der Waals surface area contributed by atoms with Crippen LogP contribution < -0.4 is 10.6 Å². The largest absolute Gasteiger partial charge is 0.490 e. The van der Waals surface area contributed by atoms with Crippen LogP contribution in [0.25, 0.3) is 0 Å². The number of amides is 1. The van der Waals surface area contributed by atoms with E-state index in [9.17, 15) is 31.1 Å². The van der Waals surface area contributed by atoms with Gasteiger partial charge in [-0.1, -0.05) is 6.07 Å². The van der Waals surface area contributed by atoms with Gasteiger partial charge in [-0.3, -0.25) is 4.79 Å². The maximum Gasteiger partial charge on any atom is 0.490 e. The summed E-state index contributed by atoms with van der Waals surface area (Å²) in [6.07, 6.45) is -7.97. The van der Waals surface area contributed by atoms with Crippen molar-refractivity contribution in [3.05, 3.63) is 22.8 Å². The van der Waals surface area contributed by atoms with Crippen LogP contribution in [0.2, 0.25) is 0 Å². The van der Waals surface area contributed by atoms with E-state index < -0.39 is 24.3 Å². The third kappa shape index (κ3) is 8.94. The zero-order valence-corrected chi connectivity index (χ0v) is 16.2. The fourth-order valence-corrected chi connectivity index (χ4v) is 2.56. The molecule has 1 saturated carbocycles. The van der Waals surface area contributed by atoms with Gasteiger partial charge in [-0.05, 0) is 46.8 Å². The van der Waals surface area contributed by atoms with Gasteiger partial charge < -0.3 is 20.8 Å². The van der Waals surface area contributed by atoms with Crippen LogP contribution >= 0.6 is 15.9 Å². The number of carboxylic acid groups (broad SMARTS) is 2. The van der Waals surface area contributed by atoms with Crippen LogP contribution in [0.3, 0.4) is 0 Å². The number of alkyl halides is 6. The van der Waals surface area contributed by atoms with Gasteiger partial charge in [0.15, 0.2) is 0 Å². The van der Waals surface area contributed by atoms with Crippen molar-refractivity contribution in [1.82, 2.24) is 10.3 Å². The number of carboxylic acids is 2. The Bertz CT molecular complexity index is 755. The van der Waals surface area contributed by atoms with Crippen LogP contribution in [0, 0.1) is 5.92 Å². The van der Waals surface area contributed by atoms with Crippen LogP contribution in [0.15, 0.2) is 22.8 Å². The monoisotopic (exact) mass is 509 g/mol. The lowest BCUT2D eigenvalue weighted by atomic mass is 10.2. The topological polar surface area (TPSA) is 129 Å². The number of carbonyl (C=O) groups is 3. The molecule has 1 aliphatic heterocycles. The van der Waals surface area contributed by atoms with Crippen molar-refractivity contribution >= 4 is 39.6 Å². The molecule has 0 unspecified atom stereocenters. The van der Waals surface area contributed by atoms with Gasteiger partial charge in [-0.15, -0.1) is 0 Å². The van der Waals surface area contributed by atoms with Gasteiger partial charge in [-0.2, -0.15) is 26.3 Å². The number of halogens is 7. The van der Waals surface area contributed by atoms with Gasteiger partial charge in [0.1, 0.15) is 10.4 Å². The number of hydrogen-bond donors (Lipinski definition) is 4. The Hall–Kier alpha value is -2.42. The Morgan fingerprint density at radius 1 is 1.03 bits per heavy atom. The van der Waals surface area contributed by atoms with E-state index >= 15 is 0 Å². The molecule has 3 rings (SSSR count). The van der Waals surface area contributed by atoms with E-state index in [-0.39, 0.29) is 11.9 Å². The maximum absolute atomic E-state index is 11.9. The van der Waals surface area contributed by atoms with Crippen molar-refractivity contribution < 1.29 is 50.9 Å². The molecule has 1 aromatic rings. The van der Waals surface area contributed by atoms with Crippen LogP contribution in [-0.2, 0) is 14.4 Å². The molecule has 168 valence electrons. The molecule has 2 heterocycles. The minimum Gasteiger partial charge on any atom is -0.475 e. The Balaban J connectivity index is 0.000000271. The lowest BCUT2D eigenvalue weighted by Gasteiger charge is -2.12. The van der Waals surface area contributed by atoms with Gasteiger partial charge in [0, 0.05) is 6.04 Å². The molecule has 2 fully saturated rings. The predicted molar refractivity (Wildman–Crippen MR) is 91.4 cm³/mol. The number of aromatic nitrogens is 1. The van der Waals surface area contributed by atoms with Crippen molar-refractivity contribution in [3.8, 4) is 0 Å². The molecule has 8 nitrogen and oxygen atoms in total. The summed E-state index contributed by atoms with van der Waals surface area (Å²) in [5.74, 6) is -4.16. The molecule has 2 aliphatic rings. The molecule has 1 amide bonds. The Morgan fingerprint density at radius 3 is 1.90 bits per heavy atom. The van der Waals surface area contributed by atoms with Gasteiger partial charge in [0.05, 0.1) is 6.04 Å². The Labute approximate surface area is 172 Å². The van der Waals surface area contributed by atoms with Crippen LogP contribution in [0.5, 0.6) is 0 Å². The lowest BCUT2D eigenvalue weighted by molar-refractivity contribution is -0.193. The lowest BCUT2D eigenvalue weighted by Crippen LogP contribution is -2.38. The molecule has 1 aromatic heterocycles. The predicted octanol–water partition coefficient (Wildman–Crippen LogP) is 2.80. The highest BCUT2D eigenvalue weighted by molar-refractivity contribution is 9.10. The number of nitrogens with zero attached hydrogens (tertiary/aromatic N) is 1. The average Bonchev–Trinajstić information content (AvgIpc) is 3.19. The number of nitrogens with one attached hydrogen (secondary N) is 2. The number of carbonyl (C=O) groups excluding carboxylic acids is 1. The van der Waals surface area contributed by atoms with Crippen LogP contribution in [-0.4, -0.2) is 57.5 Å². The molecule has 1 aliphatic carbocycles. The molecule has 4 N–H and O–H groups in total. The molecule has 0 aromatic carbocycles. The molecule has 0 bridgehead atoms. The summed E-state index contributed by atoms with van der Waals surface area (Å²) < 4.78 is 64.2. The minimum atomic E-state index is -5.08. The van der Waals surface area contributed by atoms with Crippen LogP contribution in [0.4, 0.5) is 32.2 Å². The second-order valence-electron chi connectivity index (χ2n) is 6.00. The molecular weight excluding hydrogens is 496 g/mol. The van der Waals surface area contributed by atoms with E-state index in [0.29, 0.717) is 11.9 Å². The quantitative estimate of drug-likeness (QED) is 0.356. The smallest absolute Gasteiger partial charge is 0.475 e. The molecule has 15 heteroatoms. The summed E-state index contributed by atoms with van der Waals surface area (Å²) in [5.41, 5.74) is 0. The molecule has 3 atom stereocenters. The zero-order valence-electron chi connectivity index (χ0n) is 14.6. The zero-order chi connectivity index (χ0) is 23.3. The summed E-state index contributed by atoms with van der Waals surface area (Å²) in [4.78, 5) is 33.8. The highest BCUT2D eigenvalue weighted by Crippen LogP contribution is 2.40. The van der Waals surface area contributed by atoms with E-state index in [1.807, 2.05) is 12.1 Å².